The number of rotatable bonds is 8. The molecule has 0 radical (unpaired) electrons. The van der Waals surface area contributed by atoms with Crippen LogP contribution in [0.4, 0.5) is 0 Å². The second kappa shape index (κ2) is 8.90. The normalized spacial score (nSPS) is 13.3. The second-order valence-electron chi connectivity index (χ2n) is 4.74. The summed E-state index contributed by atoms with van der Waals surface area (Å²) in [6, 6.07) is 10.8. The largest absolute Gasteiger partial charge is 0.373 e. The minimum atomic E-state index is 0.299. The van der Waals surface area contributed by atoms with Gasteiger partial charge in [0.05, 0.1) is 12.7 Å². The molecule has 1 aromatic carbocycles. The van der Waals surface area contributed by atoms with Crippen molar-refractivity contribution >= 4 is 6.08 Å². The fraction of sp³-hybridized carbons (Fsp3) is 0.500. The molecular weight excluding hydrogens is 222 g/mol. The van der Waals surface area contributed by atoms with Gasteiger partial charge in [-0.25, -0.2) is 0 Å². The Balaban J connectivity index is 2.24. The van der Waals surface area contributed by atoms with E-state index in [4.69, 9.17) is 4.74 Å². The summed E-state index contributed by atoms with van der Waals surface area (Å²) in [5, 5.41) is 3.41. The molecule has 0 aromatic heterocycles. The van der Waals surface area contributed by atoms with Gasteiger partial charge in [0.1, 0.15) is 0 Å². The first-order valence-corrected chi connectivity index (χ1v) is 6.79. The van der Waals surface area contributed by atoms with Crippen LogP contribution in [-0.2, 0) is 4.74 Å². The Morgan fingerprint density at radius 2 is 1.94 bits per heavy atom. The molecule has 0 fully saturated rings. The first-order chi connectivity index (χ1) is 8.72. The highest BCUT2D eigenvalue weighted by molar-refractivity contribution is 5.48. The lowest BCUT2D eigenvalue weighted by molar-refractivity contribution is 0.0700. The van der Waals surface area contributed by atoms with Crippen molar-refractivity contribution in [3.8, 4) is 0 Å². The maximum Gasteiger partial charge on any atom is 0.0701 e. The van der Waals surface area contributed by atoms with E-state index in [2.05, 4.69) is 50.4 Å². The molecule has 0 saturated heterocycles. The Morgan fingerprint density at radius 1 is 1.22 bits per heavy atom. The summed E-state index contributed by atoms with van der Waals surface area (Å²) in [7, 11) is 0. The second-order valence-corrected chi connectivity index (χ2v) is 4.74. The molecule has 0 aliphatic heterocycles. The Hall–Kier alpha value is -1.12. The molecule has 0 amide bonds. The van der Waals surface area contributed by atoms with Crippen molar-refractivity contribution in [2.24, 2.45) is 0 Å². The van der Waals surface area contributed by atoms with Crippen LogP contribution in [0.1, 0.15) is 32.8 Å². The van der Waals surface area contributed by atoms with Gasteiger partial charge in [-0.15, -0.1) is 0 Å². The Kier molecular flexibility index (Phi) is 7.38. The Labute approximate surface area is 111 Å². The van der Waals surface area contributed by atoms with Crippen LogP contribution in [0.15, 0.2) is 36.4 Å². The predicted octanol–water partition coefficient (Wildman–Crippen LogP) is 3.49. The smallest absolute Gasteiger partial charge is 0.0701 e. The van der Waals surface area contributed by atoms with Gasteiger partial charge in [-0.3, -0.25) is 0 Å². The van der Waals surface area contributed by atoms with Gasteiger partial charge in [-0.2, -0.15) is 0 Å². The van der Waals surface area contributed by atoms with Gasteiger partial charge in [0, 0.05) is 12.6 Å². The summed E-state index contributed by atoms with van der Waals surface area (Å²) in [5.41, 5.74) is 1.22. The van der Waals surface area contributed by atoms with Gasteiger partial charge in [-0.05, 0) is 12.0 Å². The quantitative estimate of drug-likeness (QED) is 0.759. The molecule has 0 aliphatic rings. The monoisotopic (exact) mass is 247 g/mol. The lowest BCUT2D eigenvalue weighted by Crippen LogP contribution is -2.33. The summed E-state index contributed by atoms with van der Waals surface area (Å²) < 4.78 is 5.81. The van der Waals surface area contributed by atoms with Crippen molar-refractivity contribution in [1.29, 1.82) is 0 Å². The molecule has 2 nitrogen and oxygen atoms in total. The highest BCUT2D eigenvalue weighted by Crippen LogP contribution is 2.02. The van der Waals surface area contributed by atoms with Gasteiger partial charge >= 0.3 is 0 Å². The van der Waals surface area contributed by atoms with E-state index in [0.717, 1.165) is 13.0 Å². The number of hydrogen-bond donors (Lipinski definition) is 1. The zero-order chi connectivity index (χ0) is 13.2. The van der Waals surface area contributed by atoms with Crippen LogP contribution in [0.3, 0.4) is 0 Å². The third-order valence-corrected chi connectivity index (χ3v) is 2.75. The van der Waals surface area contributed by atoms with Gasteiger partial charge in [0.15, 0.2) is 0 Å². The molecule has 0 spiro atoms. The molecule has 2 heteroatoms. The van der Waals surface area contributed by atoms with Crippen molar-refractivity contribution in [2.45, 2.75) is 39.3 Å². The molecule has 0 heterocycles. The van der Waals surface area contributed by atoms with Crippen molar-refractivity contribution in [1.82, 2.24) is 5.32 Å². The average Bonchev–Trinajstić information content (AvgIpc) is 2.39. The van der Waals surface area contributed by atoms with E-state index in [-0.39, 0.29) is 0 Å². The topological polar surface area (TPSA) is 21.3 Å². The molecule has 100 valence electrons. The first-order valence-electron chi connectivity index (χ1n) is 6.79. The van der Waals surface area contributed by atoms with Crippen LogP contribution >= 0.6 is 0 Å². The molecule has 1 atom stereocenters. The summed E-state index contributed by atoms with van der Waals surface area (Å²) in [4.78, 5) is 0. The standard InChI is InChI=1S/C16H25NO/c1-4-16(13-17-14(2)3)18-12-8-11-15-9-6-5-7-10-15/h5-11,14,16-17H,4,12-13H2,1-3H3/b11-8+. The van der Waals surface area contributed by atoms with Crippen molar-refractivity contribution in [2.75, 3.05) is 13.2 Å². The van der Waals surface area contributed by atoms with Crippen LogP contribution in [0.2, 0.25) is 0 Å². The molecule has 0 saturated carbocycles. The average molecular weight is 247 g/mol. The van der Waals surface area contributed by atoms with Gasteiger partial charge in [0.25, 0.3) is 0 Å². The number of hydrogen-bond acceptors (Lipinski definition) is 2. The van der Waals surface area contributed by atoms with Crippen molar-refractivity contribution in [3.05, 3.63) is 42.0 Å². The summed E-state index contributed by atoms with van der Waals surface area (Å²) in [6.45, 7) is 8.07. The van der Waals surface area contributed by atoms with E-state index >= 15 is 0 Å². The Bertz CT molecular complexity index is 332. The highest BCUT2D eigenvalue weighted by atomic mass is 16.5. The van der Waals surface area contributed by atoms with Crippen LogP contribution in [0.25, 0.3) is 6.08 Å². The van der Waals surface area contributed by atoms with E-state index in [0.29, 0.717) is 18.8 Å². The van der Waals surface area contributed by atoms with E-state index in [1.54, 1.807) is 0 Å². The molecular formula is C16H25NO. The fourth-order valence-corrected chi connectivity index (χ4v) is 1.63. The molecule has 0 bridgehead atoms. The van der Waals surface area contributed by atoms with Crippen LogP contribution in [0.5, 0.6) is 0 Å². The van der Waals surface area contributed by atoms with E-state index in [9.17, 15) is 0 Å². The zero-order valence-electron chi connectivity index (χ0n) is 11.7. The third kappa shape index (κ3) is 6.58. The van der Waals surface area contributed by atoms with Crippen LogP contribution < -0.4 is 5.32 Å². The van der Waals surface area contributed by atoms with Crippen molar-refractivity contribution < 1.29 is 4.74 Å². The SMILES string of the molecule is CCC(CNC(C)C)OC/C=C/c1ccccc1. The fourth-order valence-electron chi connectivity index (χ4n) is 1.63. The number of nitrogens with one attached hydrogen (secondary N) is 1. The van der Waals surface area contributed by atoms with E-state index in [1.807, 2.05) is 18.2 Å². The third-order valence-electron chi connectivity index (χ3n) is 2.75. The lowest BCUT2D eigenvalue weighted by atomic mass is 10.2. The maximum absolute atomic E-state index is 5.81. The molecule has 1 N–H and O–H groups in total. The van der Waals surface area contributed by atoms with Crippen molar-refractivity contribution in [3.63, 3.8) is 0 Å². The molecule has 0 aliphatic carbocycles. The minimum Gasteiger partial charge on any atom is -0.373 e. The number of ether oxygens (including phenoxy) is 1. The molecule has 1 aromatic rings. The van der Waals surface area contributed by atoms with Crippen LogP contribution in [0, 0.1) is 0 Å². The lowest BCUT2D eigenvalue weighted by Gasteiger charge is -2.17. The van der Waals surface area contributed by atoms with Crippen LogP contribution in [-0.4, -0.2) is 25.3 Å². The highest BCUT2D eigenvalue weighted by Gasteiger charge is 2.05. The predicted molar refractivity (Wildman–Crippen MR) is 78.6 cm³/mol. The first kappa shape index (κ1) is 14.9. The summed E-state index contributed by atoms with van der Waals surface area (Å²) in [5.74, 6) is 0. The van der Waals surface area contributed by atoms with E-state index < -0.39 is 0 Å². The van der Waals surface area contributed by atoms with Gasteiger partial charge in [-0.1, -0.05) is 63.3 Å². The van der Waals surface area contributed by atoms with Gasteiger partial charge in [0.2, 0.25) is 0 Å². The molecule has 1 rings (SSSR count). The molecule has 1 unspecified atom stereocenters. The minimum absolute atomic E-state index is 0.299. The van der Waals surface area contributed by atoms with E-state index in [1.165, 1.54) is 5.56 Å². The zero-order valence-corrected chi connectivity index (χ0v) is 11.7. The molecule has 18 heavy (non-hydrogen) atoms. The summed E-state index contributed by atoms with van der Waals surface area (Å²) in [6.07, 6.45) is 5.52. The van der Waals surface area contributed by atoms with Gasteiger partial charge < -0.3 is 10.1 Å². The summed E-state index contributed by atoms with van der Waals surface area (Å²) >= 11 is 0. The maximum atomic E-state index is 5.81. The Morgan fingerprint density at radius 3 is 2.56 bits per heavy atom. The number of benzene rings is 1.